The smallest absolute Gasteiger partial charge is 0.209 e. The maximum Gasteiger partial charge on any atom is 0.209 e. The molecule has 0 amide bonds. The summed E-state index contributed by atoms with van der Waals surface area (Å²) in [6.45, 7) is 2.45. The fourth-order valence-electron chi connectivity index (χ4n) is 1.78. The third-order valence-electron chi connectivity index (χ3n) is 2.19. The summed E-state index contributed by atoms with van der Waals surface area (Å²) >= 11 is 2.17. The van der Waals surface area contributed by atoms with Gasteiger partial charge in [0, 0.05) is 0 Å². The highest BCUT2D eigenvalue weighted by Gasteiger charge is 2.42. The Labute approximate surface area is 93.4 Å². The fraction of sp³-hybridized carbons (Fsp3) is 1.00. The van der Waals surface area contributed by atoms with Gasteiger partial charge in [-0.15, -0.1) is 0 Å². The molecule has 0 aromatic rings. The van der Waals surface area contributed by atoms with Gasteiger partial charge in [-0.2, -0.15) is 0 Å². The summed E-state index contributed by atoms with van der Waals surface area (Å²) in [5, 5.41) is 4.94. The van der Waals surface area contributed by atoms with Crippen molar-refractivity contribution in [2.24, 2.45) is 11.1 Å². The van der Waals surface area contributed by atoms with E-state index in [1.54, 1.807) is 0 Å². The van der Waals surface area contributed by atoms with Crippen LogP contribution < -0.4 is 5.14 Å². The van der Waals surface area contributed by atoms with Crippen LogP contribution in [0.2, 0.25) is 0 Å². The van der Waals surface area contributed by atoms with Crippen LogP contribution in [-0.4, -0.2) is 19.8 Å². The van der Waals surface area contributed by atoms with Crippen LogP contribution in [0.1, 0.15) is 19.8 Å². The van der Waals surface area contributed by atoms with Crippen LogP contribution in [0.25, 0.3) is 0 Å². The number of halogens is 1. The maximum absolute atomic E-state index is 10.7. The standard InChI is InChI=1S/C6H13INO3PS/c1-6(11-12-7)2-5(3-6)4-13(8,9)10/h5,12H,2-4H2,1H3,(H2,8,9,10). The molecule has 0 aromatic heterocycles. The van der Waals surface area contributed by atoms with E-state index in [4.69, 9.17) is 9.66 Å². The highest BCUT2D eigenvalue weighted by molar-refractivity contribution is 14.2. The summed E-state index contributed by atoms with van der Waals surface area (Å²) in [7, 11) is -3.30. The average molecular weight is 337 g/mol. The molecule has 2 N–H and O–H groups in total. The highest BCUT2D eigenvalue weighted by atomic mass is 127. The van der Waals surface area contributed by atoms with Crippen molar-refractivity contribution in [1.82, 2.24) is 0 Å². The van der Waals surface area contributed by atoms with E-state index in [0.717, 1.165) is 12.8 Å². The lowest BCUT2D eigenvalue weighted by Crippen LogP contribution is -2.45. The summed E-state index contributed by atoms with van der Waals surface area (Å²) in [4.78, 5) is 0. The normalized spacial score (nSPS) is 35.2. The van der Waals surface area contributed by atoms with Crippen molar-refractivity contribution in [3.63, 3.8) is 0 Å². The van der Waals surface area contributed by atoms with E-state index >= 15 is 0 Å². The lowest BCUT2D eigenvalue weighted by atomic mass is 9.73. The molecule has 1 rings (SSSR count). The number of nitrogens with two attached hydrogens (primary N) is 1. The van der Waals surface area contributed by atoms with Crippen LogP contribution in [0.4, 0.5) is 0 Å². The molecule has 0 heterocycles. The van der Waals surface area contributed by atoms with Crippen molar-refractivity contribution >= 4 is 38.5 Å². The van der Waals surface area contributed by atoms with Crippen molar-refractivity contribution in [3.05, 3.63) is 0 Å². The molecule has 1 unspecified atom stereocenters. The van der Waals surface area contributed by atoms with Crippen LogP contribution in [0, 0.1) is 5.92 Å². The maximum atomic E-state index is 10.7. The zero-order valence-corrected chi connectivity index (χ0v) is 11.3. The predicted octanol–water partition coefficient (Wildman–Crippen LogP) is 1.40. The van der Waals surface area contributed by atoms with Crippen molar-refractivity contribution in [1.29, 1.82) is 0 Å². The Bertz CT molecular complexity index is 276. The minimum Gasteiger partial charge on any atom is -0.346 e. The van der Waals surface area contributed by atoms with Gasteiger partial charge in [0.25, 0.3) is 0 Å². The van der Waals surface area contributed by atoms with E-state index in [0.29, 0.717) is 6.45 Å². The number of primary sulfonamides is 1. The summed E-state index contributed by atoms with van der Waals surface area (Å²) in [6, 6.07) is 0. The number of sulfonamides is 1. The van der Waals surface area contributed by atoms with E-state index in [2.05, 4.69) is 22.0 Å². The summed E-state index contributed by atoms with van der Waals surface area (Å²) < 4.78 is 27.0. The second-order valence-electron chi connectivity index (χ2n) is 3.73. The molecular formula is C6H13INO3PS. The molecule has 0 bridgehead atoms. The molecule has 4 nitrogen and oxygen atoms in total. The summed E-state index contributed by atoms with van der Waals surface area (Å²) in [5.74, 6) is 0.281. The van der Waals surface area contributed by atoms with Gasteiger partial charge in [0.15, 0.2) is 0 Å². The molecule has 1 fully saturated rings. The van der Waals surface area contributed by atoms with Gasteiger partial charge in [-0.1, -0.05) is 0 Å². The molecule has 0 spiro atoms. The Morgan fingerprint density at radius 2 is 2.23 bits per heavy atom. The number of hydrogen-bond acceptors (Lipinski definition) is 3. The van der Waals surface area contributed by atoms with Gasteiger partial charge in [0.1, 0.15) is 0 Å². The third kappa shape index (κ3) is 3.95. The van der Waals surface area contributed by atoms with Crippen molar-refractivity contribution < 1.29 is 12.9 Å². The Balaban J connectivity index is 2.33. The van der Waals surface area contributed by atoms with E-state index < -0.39 is 10.0 Å². The minimum atomic E-state index is -3.30. The first-order chi connectivity index (χ1) is 5.85. The molecule has 0 radical (unpaired) electrons. The van der Waals surface area contributed by atoms with E-state index in [1.165, 1.54) is 0 Å². The topological polar surface area (TPSA) is 69.4 Å². The van der Waals surface area contributed by atoms with E-state index in [9.17, 15) is 8.42 Å². The highest BCUT2D eigenvalue weighted by Crippen LogP contribution is 2.46. The predicted molar refractivity (Wildman–Crippen MR) is 62.5 cm³/mol. The molecular weight excluding hydrogens is 324 g/mol. The molecule has 7 heteroatoms. The molecule has 0 aliphatic heterocycles. The first kappa shape index (κ1) is 12.1. The van der Waals surface area contributed by atoms with Gasteiger partial charge in [-0.05, 0) is 47.7 Å². The first-order valence-corrected chi connectivity index (χ1v) is 9.62. The summed E-state index contributed by atoms with van der Waals surface area (Å²) in [5.41, 5.74) is -0.102. The van der Waals surface area contributed by atoms with Gasteiger partial charge >= 0.3 is 0 Å². The van der Waals surface area contributed by atoms with Gasteiger partial charge in [0.2, 0.25) is 10.0 Å². The lowest BCUT2D eigenvalue weighted by Gasteiger charge is -2.43. The van der Waals surface area contributed by atoms with Crippen molar-refractivity contribution in [2.45, 2.75) is 25.4 Å². The Morgan fingerprint density at radius 3 is 2.62 bits per heavy atom. The fourth-order valence-corrected chi connectivity index (χ4v) is 4.62. The van der Waals surface area contributed by atoms with E-state index in [-0.39, 0.29) is 17.3 Å². The van der Waals surface area contributed by atoms with Crippen LogP contribution in [0.5, 0.6) is 0 Å². The molecule has 0 saturated heterocycles. The number of hydrogen-bond donors (Lipinski definition) is 1. The molecule has 0 aromatic carbocycles. The van der Waals surface area contributed by atoms with Gasteiger partial charge in [0.05, 0.1) is 17.8 Å². The lowest BCUT2D eigenvalue weighted by molar-refractivity contribution is -0.0108. The van der Waals surface area contributed by atoms with Crippen LogP contribution >= 0.6 is 28.5 Å². The average Bonchev–Trinajstić information content (AvgIpc) is 1.80. The molecule has 1 aliphatic carbocycles. The van der Waals surface area contributed by atoms with Crippen molar-refractivity contribution in [3.8, 4) is 0 Å². The zero-order chi connectivity index (χ0) is 10.1. The van der Waals surface area contributed by atoms with Gasteiger partial charge < -0.3 is 4.52 Å². The Kier molecular flexibility index (Phi) is 3.97. The molecule has 1 atom stereocenters. The van der Waals surface area contributed by atoms with Crippen LogP contribution in [0.15, 0.2) is 0 Å². The quantitative estimate of drug-likeness (QED) is 0.623. The zero-order valence-electron chi connectivity index (χ0n) is 7.29. The SMILES string of the molecule is CC1(OPI)CC(CS(N)(=O)=O)C1. The van der Waals surface area contributed by atoms with Crippen LogP contribution in [-0.2, 0) is 14.5 Å². The van der Waals surface area contributed by atoms with Crippen molar-refractivity contribution in [2.75, 3.05) is 5.75 Å². The van der Waals surface area contributed by atoms with E-state index in [1.807, 2.05) is 6.92 Å². The molecule has 78 valence electrons. The molecule has 1 aliphatic rings. The summed E-state index contributed by atoms with van der Waals surface area (Å²) in [6.07, 6.45) is 1.61. The third-order valence-corrected chi connectivity index (χ3v) is 4.36. The van der Waals surface area contributed by atoms with Crippen LogP contribution in [0.3, 0.4) is 0 Å². The second-order valence-corrected chi connectivity index (χ2v) is 7.07. The number of rotatable bonds is 4. The second kappa shape index (κ2) is 4.26. The largest absolute Gasteiger partial charge is 0.346 e. The Morgan fingerprint density at radius 1 is 1.69 bits per heavy atom. The van der Waals surface area contributed by atoms with Gasteiger partial charge in [-0.25, -0.2) is 13.6 Å². The van der Waals surface area contributed by atoms with Gasteiger partial charge in [-0.3, -0.25) is 0 Å². The molecule has 1 saturated carbocycles. The Hall–Kier alpha value is 1.03. The molecule has 13 heavy (non-hydrogen) atoms. The monoisotopic (exact) mass is 337 g/mol. The minimum absolute atomic E-state index is 0.0936. The first-order valence-electron chi connectivity index (χ1n) is 3.89.